The number of carbonyl (C=O) groups excluding carboxylic acids is 1. The highest BCUT2D eigenvalue weighted by Gasteiger charge is 2.18. The van der Waals surface area contributed by atoms with E-state index in [4.69, 9.17) is 11.5 Å². The molecule has 0 aliphatic rings. The number of nitrogens with zero attached hydrogens (tertiary/aromatic N) is 1. The summed E-state index contributed by atoms with van der Waals surface area (Å²) in [5.41, 5.74) is 12.9. The summed E-state index contributed by atoms with van der Waals surface area (Å²) in [7, 11) is 0. The molecule has 0 saturated heterocycles. The summed E-state index contributed by atoms with van der Waals surface area (Å²) in [6, 6.07) is 1.72. The van der Waals surface area contributed by atoms with Crippen molar-refractivity contribution < 1.29 is 4.79 Å². The van der Waals surface area contributed by atoms with Crippen molar-refractivity contribution in [2.24, 2.45) is 11.1 Å². The van der Waals surface area contributed by atoms with Gasteiger partial charge in [0.1, 0.15) is 5.78 Å². The van der Waals surface area contributed by atoms with Gasteiger partial charge in [-0.05, 0) is 30.9 Å². The first-order valence-corrected chi connectivity index (χ1v) is 6.35. The zero-order valence-electron chi connectivity index (χ0n) is 11.3. The van der Waals surface area contributed by atoms with Crippen molar-refractivity contribution in [3.05, 3.63) is 24.0 Å². The molecule has 0 atom stereocenters. The van der Waals surface area contributed by atoms with Gasteiger partial charge in [0.05, 0.1) is 0 Å². The topological polar surface area (TPSA) is 82.0 Å². The Morgan fingerprint density at radius 1 is 1.39 bits per heavy atom. The number of ketones is 1. The molecule has 0 fully saturated rings. The Bertz CT molecular complexity index is 402. The molecule has 0 aliphatic heterocycles. The summed E-state index contributed by atoms with van der Waals surface area (Å²) in [4.78, 5) is 15.9. The molecule has 1 aromatic heterocycles. The van der Waals surface area contributed by atoms with Gasteiger partial charge in [-0.15, -0.1) is 0 Å². The normalized spacial score (nSPS) is 11.5. The second-order valence-electron chi connectivity index (χ2n) is 5.49. The van der Waals surface area contributed by atoms with Crippen LogP contribution in [-0.4, -0.2) is 17.3 Å². The van der Waals surface area contributed by atoms with E-state index in [1.165, 1.54) is 0 Å². The average molecular weight is 249 g/mol. The maximum absolute atomic E-state index is 11.9. The number of rotatable bonds is 7. The molecular weight excluding hydrogens is 226 g/mol. The molecule has 1 rings (SSSR count). The van der Waals surface area contributed by atoms with Crippen molar-refractivity contribution >= 4 is 11.5 Å². The minimum atomic E-state index is 0.130. The fourth-order valence-electron chi connectivity index (χ4n) is 1.88. The first-order valence-electron chi connectivity index (χ1n) is 6.35. The Labute approximate surface area is 109 Å². The molecule has 1 heterocycles. The first-order chi connectivity index (χ1) is 8.44. The summed E-state index contributed by atoms with van der Waals surface area (Å²) >= 11 is 0. The molecule has 4 nitrogen and oxygen atoms in total. The van der Waals surface area contributed by atoms with Crippen LogP contribution in [0.5, 0.6) is 0 Å². The second-order valence-corrected chi connectivity index (χ2v) is 5.49. The molecule has 4 N–H and O–H groups in total. The van der Waals surface area contributed by atoms with Gasteiger partial charge in [-0.1, -0.05) is 13.8 Å². The quantitative estimate of drug-likeness (QED) is 0.773. The first kappa shape index (κ1) is 14.6. The Kier molecular flexibility index (Phi) is 5.28. The van der Waals surface area contributed by atoms with Crippen molar-refractivity contribution in [1.82, 2.24) is 4.98 Å². The van der Waals surface area contributed by atoms with E-state index in [9.17, 15) is 4.79 Å². The van der Waals surface area contributed by atoms with Gasteiger partial charge >= 0.3 is 0 Å². The lowest BCUT2D eigenvalue weighted by Crippen LogP contribution is -2.19. The Morgan fingerprint density at radius 3 is 2.72 bits per heavy atom. The third-order valence-electron chi connectivity index (χ3n) is 3.23. The molecule has 0 aliphatic carbocycles. The smallest absolute Gasteiger partial charge is 0.137 e. The van der Waals surface area contributed by atoms with E-state index < -0.39 is 0 Å². The predicted molar refractivity (Wildman–Crippen MR) is 74.0 cm³/mol. The van der Waals surface area contributed by atoms with Crippen LogP contribution >= 0.6 is 0 Å². The second kappa shape index (κ2) is 6.50. The number of anilines is 1. The van der Waals surface area contributed by atoms with Crippen LogP contribution in [0.1, 0.15) is 38.7 Å². The minimum Gasteiger partial charge on any atom is -0.398 e. The minimum absolute atomic E-state index is 0.130. The highest BCUT2D eigenvalue weighted by atomic mass is 16.1. The molecule has 0 spiro atoms. The fraction of sp³-hybridized carbons (Fsp3) is 0.571. The van der Waals surface area contributed by atoms with Crippen molar-refractivity contribution in [2.45, 2.75) is 39.5 Å². The van der Waals surface area contributed by atoms with E-state index >= 15 is 0 Å². The largest absolute Gasteiger partial charge is 0.398 e. The van der Waals surface area contributed by atoms with E-state index in [0.717, 1.165) is 18.4 Å². The summed E-state index contributed by atoms with van der Waals surface area (Å²) in [6.07, 6.45) is 6.05. The number of nitrogen functional groups attached to an aromatic ring is 1. The molecule has 0 bridgehead atoms. The van der Waals surface area contributed by atoms with Crippen LogP contribution in [-0.2, 0) is 11.2 Å². The lowest BCUT2D eigenvalue weighted by molar-refractivity contribution is -0.119. The molecular formula is C14H23N3O. The predicted octanol–water partition coefficient (Wildman–Crippen LogP) is 1.93. The van der Waals surface area contributed by atoms with Crippen LogP contribution in [0, 0.1) is 5.41 Å². The van der Waals surface area contributed by atoms with E-state index in [2.05, 4.69) is 18.8 Å². The van der Waals surface area contributed by atoms with Crippen LogP contribution in [0.15, 0.2) is 18.5 Å². The van der Waals surface area contributed by atoms with Gasteiger partial charge in [-0.25, -0.2) is 0 Å². The standard InChI is InChI=1S/C14H23N3O/c1-14(2,6-7-15)5-3-12(18)9-11-10-17-8-4-13(11)16/h4,8,10H,3,5-7,9,15H2,1-2H3,(H2,16,17). The number of nitrogens with two attached hydrogens (primary N) is 2. The zero-order chi connectivity index (χ0) is 13.6. The Morgan fingerprint density at radius 2 is 2.11 bits per heavy atom. The number of hydrogen-bond donors (Lipinski definition) is 2. The third kappa shape index (κ3) is 4.84. The van der Waals surface area contributed by atoms with Crippen molar-refractivity contribution in [1.29, 1.82) is 0 Å². The summed E-state index contributed by atoms with van der Waals surface area (Å²) in [5, 5.41) is 0. The highest BCUT2D eigenvalue weighted by Crippen LogP contribution is 2.26. The van der Waals surface area contributed by atoms with Crippen LogP contribution in [0.3, 0.4) is 0 Å². The van der Waals surface area contributed by atoms with E-state index in [0.29, 0.717) is 25.1 Å². The molecule has 0 aromatic carbocycles. The number of Topliss-reactive ketones (excluding diaryl/α,β-unsaturated/α-hetero) is 1. The van der Waals surface area contributed by atoms with Gasteiger partial charge < -0.3 is 11.5 Å². The van der Waals surface area contributed by atoms with Gasteiger partial charge in [0.25, 0.3) is 0 Å². The van der Waals surface area contributed by atoms with Gasteiger partial charge in [-0.2, -0.15) is 0 Å². The number of aromatic nitrogens is 1. The molecule has 1 aromatic rings. The molecule has 4 heteroatoms. The monoisotopic (exact) mass is 249 g/mol. The summed E-state index contributed by atoms with van der Waals surface area (Å²) in [5.74, 6) is 0.208. The van der Waals surface area contributed by atoms with Gasteiger partial charge in [0, 0.05) is 36.5 Å². The fourth-order valence-corrected chi connectivity index (χ4v) is 1.88. The van der Waals surface area contributed by atoms with E-state index in [1.54, 1.807) is 18.5 Å². The molecule has 0 saturated carbocycles. The maximum Gasteiger partial charge on any atom is 0.137 e. The van der Waals surface area contributed by atoms with E-state index in [1.807, 2.05) is 0 Å². The van der Waals surface area contributed by atoms with Gasteiger partial charge in [-0.3, -0.25) is 9.78 Å². The Balaban J connectivity index is 2.46. The van der Waals surface area contributed by atoms with Gasteiger partial charge in [0.2, 0.25) is 0 Å². The van der Waals surface area contributed by atoms with Crippen molar-refractivity contribution in [3.63, 3.8) is 0 Å². The van der Waals surface area contributed by atoms with Crippen molar-refractivity contribution in [3.8, 4) is 0 Å². The molecule has 100 valence electrons. The lowest BCUT2D eigenvalue weighted by Gasteiger charge is -2.23. The number of hydrogen-bond acceptors (Lipinski definition) is 4. The van der Waals surface area contributed by atoms with Crippen LogP contribution in [0.25, 0.3) is 0 Å². The van der Waals surface area contributed by atoms with Gasteiger partial charge in [0.15, 0.2) is 0 Å². The molecule has 0 radical (unpaired) electrons. The van der Waals surface area contributed by atoms with Crippen LogP contribution < -0.4 is 11.5 Å². The Hall–Kier alpha value is -1.42. The number of pyridine rings is 1. The molecule has 0 amide bonds. The summed E-state index contributed by atoms with van der Waals surface area (Å²) in [6.45, 7) is 4.95. The van der Waals surface area contributed by atoms with Crippen molar-refractivity contribution in [2.75, 3.05) is 12.3 Å². The lowest BCUT2D eigenvalue weighted by atomic mass is 9.83. The maximum atomic E-state index is 11.9. The van der Waals surface area contributed by atoms with E-state index in [-0.39, 0.29) is 11.2 Å². The van der Waals surface area contributed by atoms with Crippen LogP contribution in [0.2, 0.25) is 0 Å². The summed E-state index contributed by atoms with van der Waals surface area (Å²) < 4.78 is 0. The molecule has 18 heavy (non-hydrogen) atoms. The van der Waals surface area contributed by atoms with Crippen LogP contribution in [0.4, 0.5) is 5.69 Å². The highest BCUT2D eigenvalue weighted by molar-refractivity contribution is 5.82. The third-order valence-corrected chi connectivity index (χ3v) is 3.23. The molecule has 0 unspecified atom stereocenters. The SMILES string of the molecule is CC(C)(CCN)CCC(=O)Cc1cnccc1N. The zero-order valence-corrected chi connectivity index (χ0v) is 11.3. The number of carbonyl (C=O) groups is 1. The average Bonchev–Trinajstić information content (AvgIpc) is 2.30.